The number of benzene rings is 3. The summed E-state index contributed by atoms with van der Waals surface area (Å²) >= 11 is 5.37. The molecule has 0 aliphatic heterocycles. The highest BCUT2D eigenvalue weighted by Gasteiger charge is 2.31. The molecule has 0 unspecified atom stereocenters. The van der Waals surface area contributed by atoms with Crippen LogP contribution in [0.2, 0.25) is 0 Å². The molecule has 42 heavy (non-hydrogen) atoms. The molecule has 1 heterocycles. The second-order valence-corrected chi connectivity index (χ2v) is 9.85. The first-order valence-electron chi connectivity index (χ1n) is 13.1. The number of hydrazone groups is 1. The van der Waals surface area contributed by atoms with E-state index >= 15 is 0 Å². The number of amides is 1. The summed E-state index contributed by atoms with van der Waals surface area (Å²) in [6.45, 7) is 6.60. The van der Waals surface area contributed by atoms with Crippen LogP contribution < -0.4 is 20.8 Å². The van der Waals surface area contributed by atoms with Gasteiger partial charge in [0, 0.05) is 29.4 Å². The molecule has 1 aromatic heterocycles. The van der Waals surface area contributed by atoms with E-state index in [9.17, 15) is 18.0 Å². The Morgan fingerprint density at radius 1 is 1.05 bits per heavy atom. The van der Waals surface area contributed by atoms with Crippen LogP contribution in [0.3, 0.4) is 0 Å². The number of nitrogens with one attached hydrogen (secondary N) is 3. The number of aryl methyl sites for hydroxylation is 1. The van der Waals surface area contributed by atoms with Gasteiger partial charge in [-0.25, -0.2) is 4.68 Å². The molecule has 0 spiro atoms. The van der Waals surface area contributed by atoms with Crippen molar-refractivity contribution in [2.45, 2.75) is 39.6 Å². The van der Waals surface area contributed by atoms with Crippen molar-refractivity contribution in [3.8, 4) is 17.0 Å². The van der Waals surface area contributed by atoms with Gasteiger partial charge in [0.25, 0.3) is 5.91 Å². The van der Waals surface area contributed by atoms with E-state index in [1.807, 2.05) is 49.4 Å². The van der Waals surface area contributed by atoms with Crippen LogP contribution in [0.4, 0.5) is 24.7 Å². The third-order valence-electron chi connectivity index (χ3n) is 6.09. The highest BCUT2D eigenvalue weighted by Crippen LogP contribution is 2.26. The van der Waals surface area contributed by atoms with Gasteiger partial charge in [-0.3, -0.25) is 10.2 Å². The summed E-state index contributed by atoms with van der Waals surface area (Å²) in [7, 11) is 0. The molecule has 3 N–H and O–H groups in total. The molecule has 0 radical (unpaired) electrons. The summed E-state index contributed by atoms with van der Waals surface area (Å²) in [6.07, 6.45) is -3.16. The first-order valence-corrected chi connectivity index (χ1v) is 13.5. The third-order valence-corrected chi connectivity index (χ3v) is 6.28. The normalized spacial score (nSPS) is 11.5. The Labute approximate surface area is 246 Å². The van der Waals surface area contributed by atoms with Gasteiger partial charge in [0.2, 0.25) is 0 Å². The number of carbonyl (C=O) groups excluding carboxylic acids is 1. The minimum absolute atomic E-state index is 0.172. The van der Waals surface area contributed by atoms with Crippen molar-refractivity contribution < 1.29 is 22.7 Å². The van der Waals surface area contributed by atoms with Gasteiger partial charge in [-0.05, 0) is 66.5 Å². The number of hydrogen-bond donors (Lipinski definition) is 3. The smallest absolute Gasteiger partial charge is 0.406 e. The fourth-order valence-corrected chi connectivity index (χ4v) is 4.23. The van der Waals surface area contributed by atoms with Crippen molar-refractivity contribution in [3.63, 3.8) is 0 Å². The van der Waals surface area contributed by atoms with Crippen molar-refractivity contribution >= 4 is 41.0 Å². The molecule has 4 aromatic rings. The van der Waals surface area contributed by atoms with Crippen LogP contribution in [0.5, 0.6) is 5.75 Å². The summed E-state index contributed by atoms with van der Waals surface area (Å²) in [5.41, 5.74) is 7.38. The number of anilines is 2. The van der Waals surface area contributed by atoms with Crippen molar-refractivity contribution in [3.05, 3.63) is 95.6 Å². The molecule has 3 aromatic carbocycles. The Bertz CT molecular complexity index is 1570. The Morgan fingerprint density at radius 3 is 2.38 bits per heavy atom. The van der Waals surface area contributed by atoms with Gasteiger partial charge in [-0.2, -0.15) is 10.2 Å². The number of aromatic nitrogens is 2. The third kappa shape index (κ3) is 8.16. The lowest BCUT2D eigenvalue weighted by Crippen LogP contribution is -2.24. The van der Waals surface area contributed by atoms with E-state index in [4.69, 9.17) is 12.2 Å². The summed E-state index contributed by atoms with van der Waals surface area (Å²) in [4.78, 5) is 12.7. The summed E-state index contributed by atoms with van der Waals surface area (Å²) in [5, 5.41) is 15.1. The van der Waals surface area contributed by atoms with Crippen molar-refractivity contribution in [2.75, 3.05) is 10.6 Å². The topological polar surface area (TPSA) is 92.6 Å². The molecule has 0 aliphatic rings. The molecule has 8 nitrogen and oxygen atoms in total. The molecule has 218 valence electrons. The van der Waals surface area contributed by atoms with Crippen LogP contribution in [0, 0.1) is 0 Å². The maximum absolute atomic E-state index is 12.7. The fourth-order valence-electron chi connectivity index (χ4n) is 4.07. The van der Waals surface area contributed by atoms with Gasteiger partial charge in [-0.1, -0.05) is 56.3 Å². The largest absolute Gasteiger partial charge is 0.573 e. The van der Waals surface area contributed by atoms with Crippen LogP contribution in [0.25, 0.3) is 11.3 Å². The van der Waals surface area contributed by atoms with Gasteiger partial charge < -0.3 is 15.4 Å². The number of para-hydroxylation sites is 1. The number of thiocarbonyl (C=S) groups is 1. The molecule has 0 atom stereocenters. The van der Waals surface area contributed by atoms with E-state index in [1.165, 1.54) is 12.1 Å². The Morgan fingerprint density at radius 2 is 1.74 bits per heavy atom. The SMILES string of the molecule is CCn1nc(-c2ccc(/C=N/NC(=S)Nc3ccccc3C(C)C)cc2)cc1NC(=O)c1ccc(OC(F)(F)F)cc1. The lowest BCUT2D eigenvalue weighted by molar-refractivity contribution is -0.274. The minimum Gasteiger partial charge on any atom is -0.406 e. The highest BCUT2D eigenvalue weighted by molar-refractivity contribution is 7.80. The number of nitrogens with zero attached hydrogens (tertiary/aromatic N) is 3. The van der Waals surface area contributed by atoms with E-state index in [1.54, 1.807) is 17.0 Å². The zero-order valence-electron chi connectivity index (χ0n) is 23.1. The first-order chi connectivity index (χ1) is 20.0. The summed E-state index contributed by atoms with van der Waals surface area (Å²) in [6, 6.07) is 21.9. The molecule has 0 bridgehead atoms. The first kappa shape index (κ1) is 30.3. The average molecular weight is 595 g/mol. The van der Waals surface area contributed by atoms with Crippen LogP contribution in [-0.4, -0.2) is 33.4 Å². The fraction of sp³-hybridized carbons (Fsp3) is 0.200. The lowest BCUT2D eigenvalue weighted by Gasteiger charge is -2.14. The molecule has 0 fully saturated rings. The maximum Gasteiger partial charge on any atom is 0.573 e. The van der Waals surface area contributed by atoms with Crippen LogP contribution in [0.15, 0.2) is 84.0 Å². The number of alkyl halides is 3. The molecule has 12 heteroatoms. The van der Waals surface area contributed by atoms with Crippen LogP contribution in [-0.2, 0) is 6.54 Å². The predicted molar refractivity (Wildman–Crippen MR) is 162 cm³/mol. The quantitative estimate of drug-likeness (QED) is 0.108. The predicted octanol–water partition coefficient (Wildman–Crippen LogP) is 7.16. The van der Waals surface area contributed by atoms with Crippen LogP contribution >= 0.6 is 12.2 Å². The lowest BCUT2D eigenvalue weighted by atomic mass is 10.0. The van der Waals surface area contributed by atoms with Crippen molar-refractivity contribution in [2.24, 2.45) is 5.10 Å². The Hall–Kier alpha value is -4.71. The maximum atomic E-state index is 12.7. The van der Waals surface area contributed by atoms with Crippen molar-refractivity contribution in [1.29, 1.82) is 0 Å². The Kier molecular flexibility index (Phi) is 9.58. The number of hydrogen-bond acceptors (Lipinski definition) is 5. The van der Waals surface area contributed by atoms with Crippen LogP contribution in [0.1, 0.15) is 48.2 Å². The molecule has 0 saturated carbocycles. The van der Waals surface area contributed by atoms with E-state index in [2.05, 4.69) is 50.9 Å². The standard InChI is InChI=1S/C30H29F3N6O2S/c1-4-39-27(36-28(40)22-13-15-23(16-14-22)41-30(31,32)33)17-26(38-39)21-11-9-20(10-12-21)18-34-37-29(42)35-25-8-6-5-7-24(25)19(2)3/h5-19H,4H2,1-3H3,(H,36,40)(H2,35,37,42)/b34-18+. The van der Waals surface area contributed by atoms with Gasteiger partial charge in [0.05, 0.1) is 11.9 Å². The number of rotatable bonds is 9. The van der Waals surface area contributed by atoms with Crippen molar-refractivity contribution in [1.82, 2.24) is 15.2 Å². The average Bonchev–Trinajstić information content (AvgIpc) is 3.35. The number of ether oxygens (including phenoxy) is 1. The van der Waals surface area contributed by atoms with E-state index in [0.29, 0.717) is 29.1 Å². The molecular weight excluding hydrogens is 565 g/mol. The zero-order valence-corrected chi connectivity index (χ0v) is 23.9. The molecular formula is C30H29F3N6O2S. The second kappa shape index (κ2) is 13.3. The van der Waals surface area contributed by atoms with Gasteiger partial charge >= 0.3 is 6.36 Å². The molecule has 1 amide bonds. The number of carbonyl (C=O) groups is 1. The monoisotopic (exact) mass is 594 g/mol. The number of halogens is 3. The van der Waals surface area contributed by atoms with Gasteiger partial charge in [0.15, 0.2) is 5.11 Å². The molecule has 0 saturated heterocycles. The van der Waals surface area contributed by atoms with E-state index < -0.39 is 18.0 Å². The van der Waals surface area contributed by atoms with E-state index in [0.717, 1.165) is 34.5 Å². The molecule has 0 aliphatic carbocycles. The Balaban J connectivity index is 1.37. The summed E-state index contributed by atoms with van der Waals surface area (Å²) < 4.78 is 42.6. The summed E-state index contributed by atoms with van der Waals surface area (Å²) in [5.74, 6) is -0.107. The van der Waals surface area contributed by atoms with E-state index in [-0.39, 0.29) is 5.56 Å². The zero-order chi connectivity index (χ0) is 30.3. The minimum atomic E-state index is -4.80. The second-order valence-electron chi connectivity index (χ2n) is 9.44. The van der Waals surface area contributed by atoms with Gasteiger partial charge in [0.1, 0.15) is 11.6 Å². The highest BCUT2D eigenvalue weighted by atomic mass is 32.1. The molecule has 4 rings (SSSR count). The van der Waals surface area contributed by atoms with Gasteiger partial charge in [-0.15, -0.1) is 13.2 Å².